The van der Waals surface area contributed by atoms with Crippen molar-refractivity contribution in [3.63, 3.8) is 0 Å². The fourth-order valence-electron chi connectivity index (χ4n) is 2.13. The van der Waals surface area contributed by atoms with Gasteiger partial charge in [0.1, 0.15) is 5.82 Å². The number of hydrogen-bond acceptors (Lipinski definition) is 3. The lowest BCUT2D eigenvalue weighted by Crippen LogP contribution is -2.30. The Balaban J connectivity index is 2.02. The van der Waals surface area contributed by atoms with Gasteiger partial charge in [0, 0.05) is 38.5 Å². The second-order valence-corrected chi connectivity index (χ2v) is 4.01. The molecular formula is C11H19N3O. The van der Waals surface area contributed by atoms with Crippen molar-refractivity contribution in [3.8, 4) is 0 Å². The van der Waals surface area contributed by atoms with Gasteiger partial charge in [0.2, 0.25) is 0 Å². The minimum atomic E-state index is 0.575. The fourth-order valence-corrected chi connectivity index (χ4v) is 2.13. The van der Waals surface area contributed by atoms with Crippen molar-refractivity contribution in [3.05, 3.63) is 18.2 Å². The van der Waals surface area contributed by atoms with Crippen molar-refractivity contribution in [2.75, 3.05) is 26.8 Å². The third kappa shape index (κ3) is 2.58. The summed E-state index contributed by atoms with van der Waals surface area (Å²) in [7, 11) is 1.73. The first kappa shape index (κ1) is 10.6. The number of nitrogens with zero attached hydrogens (tertiary/aromatic N) is 2. The van der Waals surface area contributed by atoms with Gasteiger partial charge in [0.15, 0.2) is 0 Å². The predicted molar refractivity (Wildman–Crippen MR) is 58.9 cm³/mol. The van der Waals surface area contributed by atoms with Crippen LogP contribution in [-0.4, -0.2) is 36.4 Å². The number of imidazole rings is 1. The van der Waals surface area contributed by atoms with Crippen LogP contribution in [0.2, 0.25) is 0 Å². The molecule has 0 radical (unpaired) electrons. The van der Waals surface area contributed by atoms with Crippen LogP contribution < -0.4 is 5.32 Å². The minimum Gasteiger partial charge on any atom is -0.383 e. The molecule has 0 saturated carbocycles. The van der Waals surface area contributed by atoms with E-state index in [2.05, 4.69) is 14.9 Å². The van der Waals surface area contributed by atoms with Crippen molar-refractivity contribution in [2.45, 2.75) is 25.3 Å². The number of ether oxygens (including phenoxy) is 1. The van der Waals surface area contributed by atoms with Crippen LogP contribution in [0.15, 0.2) is 12.4 Å². The maximum atomic E-state index is 5.09. The Morgan fingerprint density at radius 3 is 3.33 bits per heavy atom. The maximum absolute atomic E-state index is 5.09. The Kier molecular flexibility index (Phi) is 3.75. The van der Waals surface area contributed by atoms with Gasteiger partial charge in [0.25, 0.3) is 0 Å². The molecule has 0 bridgehead atoms. The largest absolute Gasteiger partial charge is 0.383 e. The van der Waals surface area contributed by atoms with E-state index in [0.717, 1.165) is 26.2 Å². The number of rotatable bonds is 4. The van der Waals surface area contributed by atoms with Crippen LogP contribution in [0.3, 0.4) is 0 Å². The lowest BCUT2D eigenvalue weighted by atomic mass is 9.99. The number of aromatic nitrogens is 2. The van der Waals surface area contributed by atoms with Gasteiger partial charge in [-0.15, -0.1) is 0 Å². The van der Waals surface area contributed by atoms with E-state index in [4.69, 9.17) is 4.74 Å². The molecule has 84 valence electrons. The van der Waals surface area contributed by atoms with Crippen molar-refractivity contribution in [1.82, 2.24) is 14.9 Å². The average molecular weight is 209 g/mol. The van der Waals surface area contributed by atoms with Crippen molar-refractivity contribution < 1.29 is 4.74 Å². The van der Waals surface area contributed by atoms with Crippen LogP contribution in [0.25, 0.3) is 0 Å². The Labute approximate surface area is 90.6 Å². The van der Waals surface area contributed by atoms with Gasteiger partial charge in [-0.25, -0.2) is 4.98 Å². The molecule has 1 unspecified atom stereocenters. The Morgan fingerprint density at radius 2 is 2.60 bits per heavy atom. The number of nitrogens with one attached hydrogen (secondary N) is 1. The van der Waals surface area contributed by atoms with E-state index in [1.165, 1.54) is 18.7 Å². The highest BCUT2D eigenvalue weighted by Crippen LogP contribution is 2.21. The summed E-state index contributed by atoms with van der Waals surface area (Å²) in [5, 5.41) is 3.42. The zero-order valence-electron chi connectivity index (χ0n) is 9.28. The summed E-state index contributed by atoms with van der Waals surface area (Å²) >= 11 is 0. The summed E-state index contributed by atoms with van der Waals surface area (Å²) in [6, 6.07) is 0. The summed E-state index contributed by atoms with van der Waals surface area (Å²) in [5.74, 6) is 1.78. The highest BCUT2D eigenvalue weighted by Gasteiger charge is 2.19. The fraction of sp³-hybridized carbons (Fsp3) is 0.727. The molecule has 1 fully saturated rings. The lowest BCUT2D eigenvalue weighted by Gasteiger charge is -2.23. The zero-order valence-corrected chi connectivity index (χ0v) is 9.28. The van der Waals surface area contributed by atoms with E-state index in [1.54, 1.807) is 7.11 Å². The standard InChI is InChI=1S/C11H19N3O/c1-15-8-7-14-6-5-13-11(14)10-3-2-4-12-9-10/h5-6,10,12H,2-4,7-9H2,1H3. The normalized spacial score (nSPS) is 21.8. The van der Waals surface area contributed by atoms with Gasteiger partial charge in [-0.1, -0.05) is 0 Å². The first-order valence-corrected chi connectivity index (χ1v) is 5.62. The average Bonchev–Trinajstić information content (AvgIpc) is 2.75. The topological polar surface area (TPSA) is 39.1 Å². The van der Waals surface area contributed by atoms with Gasteiger partial charge in [-0.3, -0.25) is 0 Å². The van der Waals surface area contributed by atoms with E-state index >= 15 is 0 Å². The Bertz CT molecular complexity index is 292. The van der Waals surface area contributed by atoms with E-state index in [-0.39, 0.29) is 0 Å². The molecule has 2 heterocycles. The summed E-state index contributed by atoms with van der Waals surface area (Å²) in [4.78, 5) is 4.46. The smallest absolute Gasteiger partial charge is 0.113 e. The SMILES string of the molecule is COCCn1ccnc1C1CCCNC1. The van der Waals surface area contributed by atoms with Crippen molar-refractivity contribution >= 4 is 0 Å². The van der Waals surface area contributed by atoms with Crippen LogP contribution >= 0.6 is 0 Å². The first-order valence-electron chi connectivity index (χ1n) is 5.62. The number of methoxy groups -OCH3 is 1. The highest BCUT2D eigenvalue weighted by molar-refractivity contribution is 5.02. The lowest BCUT2D eigenvalue weighted by molar-refractivity contribution is 0.185. The van der Waals surface area contributed by atoms with E-state index in [0.29, 0.717) is 5.92 Å². The van der Waals surface area contributed by atoms with Gasteiger partial charge in [-0.05, 0) is 19.4 Å². The van der Waals surface area contributed by atoms with Crippen LogP contribution in [0.4, 0.5) is 0 Å². The number of hydrogen-bond donors (Lipinski definition) is 1. The minimum absolute atomic E-state index is 0.575. The second-order valence-electron chi connectivity index (χ2n) is 4.01. The Hall–Kier alpha value is -0.870. The Morgan fingerprint density at radius 1 is 1.67 bits per heavy atom. The van der Waals surface area contributed by atoms with Crippen molar-refractivity contribution in [1.29, 1.82) is 0 Å². The second kappa shape index (κ2) is 5.28. The molecule has 0 aliphatic carbocycles. The molecule has 4 nitrogen and oxygen atoms in total. The molecule has 1 aromatic rings. The molecule has 1 N–H and O–H groups in total. The molecule has 2 rings (SSSR count). The van der Waals surface area contributed by atoms with Gasteiger partial charge >= 0.3 is 0 Å². The summed E-state index contributed by atoms with van der Waals surface area (Å²) in [5.41, 5.74) is 0. The monoisotopic (exact) mass is 209 g/mol. The molecule has 15 heavy (non-hydrogen) atoms. The molecule has 1 aromatic heterocycles. The summed E-state index contributed by atoms with van der Waals surface area (Å²) < 4.78 is 7.30. The molecule has 1 saturated heterocycles. The molecule has 1 atom stereocenters. The maximum Gasteiger partial charge on any atom is 0.113 e. The number of piperidine rings is 1. The van der Waals surface area contributed by atoms with Gasteiger partial charge in [-0.2, -0.15) is 0 Å². The van der Waals surface area contributed by atoms with Gasteiger partial charge in [0.05, 0.1) is 6.61 Å². The van der Waals surface area contributed by atoms with Gasteiger partial charge < -0.3 is 14.6 Å². The molecule has 4 heteroatoms. The molecule has 0 spiro atoms. The predicted octanol–water partition coefficient (Wildman–Crippen LogP) is 0.996. The van der Waals surface area contributed by atoms with Crippen LogP contribution in [0.5, 0.6) is 0 Å². The van der Waals surface area contributed by atoms with Crippen LogP contribution in [0, 0.1) is 0 Å². The van der Waals surface area contributed by atoms with Crippen molar-refractivity contribution in [2.24, 2.45) is 0 Å². The van der Waals surface area contributed by atoms with Crippen LogP contribution in [-0.2, 0) is 11.3 Å². The van der Waals surface area contributed by atoms with E-state index in [9.17, 15) is 0 Å². The first-order chi connectivity index (χ1) is 7.42. The third-order valence-corrected chi connectivity index (χ3v) is 2.95. The molecule has 0 aromatic carbocycles. The van der Waals surface area contributed by atoms with E-state index in [1.807, 2.05) is 12.4 Å². The molecule has 1 aliphatic heterocycles. The zero-order chi connectivity index (χ0) is 10.5. The summed E-state index contributed by atoms with van der Waals surface area (Å²) in [6.45, 7) is 3.87. The summed E-state index contributed by atoms with van der Waals surface area (Å²) in [6.07, 6.45) is 6.43. The van der Waals surface area contributed by atoms with Crippen LogP contribution in [0.1, 0.15) is 24.6 Å². The molecular weight excluding hydrogens is 190 g/mol. The molecule has 0 amide bonds. The quantitative estimate of drug-likeness (QED) is 0.804. The third-order valence-electron chi connectivity index (χ3n) is 2.95. The molecule has 1 aliphatic rings. The van der Waals surface area contributed by atoms with E-state index < -0.39 is 0 Å². The highest BCUT2D eigenvalue weighted by atomic mass is 16.5.